The number of carboxylic acid groups (broad SMARTS) is 1. The average molecular weight is 631 g/mol. The maximum atomic E-state index is 12.8. The van der Waals surface area contributed by atoms with Crippen molar-refractivity contribution in [2.75, 3.05) is 12.9 Å². The Labute approximate surface area is 264 Å². The SMILES string of the molecule is CCCCCCCOc1ccc(-c2cnc(-c3ccc(C[C@H](CC(=O)c4ccc(OS(C)(=O)=O)cc4)C(=O)O)cc3)nc2)cc1. The van der Waals surface area contributed by atoms with Crippen molar-refractivity contribution in [3.8, 4) is 34.0 Å². The molecular formula is C35H38N2O7S. The first-order chi connectivity index (χ1) is 21.6. The Hall–Kier alpha value is -4.57. The zero-order valence-electron chi connectivity index (χ0n) is 25.5. The highest BCUT2D eigenvalue weighted by Gasteiger charge is 2.23. The van der Waals surface area contributed by atoms with Gasteiger partial charge in [0.25, 0.3) is 0 Å². The summed E-state index contributed by atoms with van der Waals surface area (Å²) in [7, 11) is -3.69. The molecule has 45 heavy (non-hydrogen) atoms. The molecule has 9 nitrogen and oxygen atoms in total. The molecule has 1 atom stereocenters. The molecule has 4 rings (SSSR count). The van der Waals surface area contributed by atoms with Crippen LogP contribution in [0.3, 0.4) is 0 Å². The molecule has 0 amide bonds. The van der Waals surface area contributed by atoms with Gasteiger partial charge in [-0.05, 0) is 60.4 Å². The van der Waals surface area contributed by atoms with Gasteiger partial charge in [-0.25, -0.2) is 9.97 Å². The molecule has 0 fully saturated rings. The standard InChI is InChI=1S/C35H38N2O7S/c1-3-4-5-6-7-20-43-31-16-12-26(13-17-31)30-23-36-34(37-24-30)28-10-8-25(9-11-28)21-29(35(39)40)22-33(38)27-14-18-32(19-15-27)44-45(2,41)42/h8-19,23-24,29H,3-7,20-22H2,1-2H3,(H,39,40)/t29-/m1/s1. The maximum Gasteiger partial charge on any atom is 0.307 e. The van der Waals surface area contributed by atoms with Crippen LogP contribution in [0.25, 0.3) is 22.5 Å². The van der Waals surface area contributed by atoms with Crippen LogP contribution in [0.4, 0.5) is 0 Å². The predicted octanol–water partition coefficient (Wildman–Crippen LogP) is 7.01. The third-order valence-electron chi connectivity index (χ3n) is 7.26. The van der Waals surface area contributed by atoms with Gasteiger partial charge in [-0.2, -0.15) is 8.42 Å². The Bertz CT molecular complexity index is 1650. The molecule has 1 N–H and O–H groups in total. The molecule has 0 spiro atoms. The molecule has 4 aromatic rings. The van der Waals surface area contributed by atoms with E-state index in [1.165, 1.54) is 49.9 Å². The lowest BCUT2D eigenvalue weighted by molar-refractivity contribution is -0.141. The highest BCUT2D eigenvalue weighted by atomic mass is 32.2. The number of rotatable bonds is 17. The molecule has 236 valence electrons. The number of carbonyl (C=O) groups is 2. The second-order valence-electron chi connectivity index (χ2n) is 11.0. The van der Waals surface area contributed by atoms with E-state index < -0.39 is 22.0 Å². The summed E-state index contributed by atoms with van der Waals surface area (Å²) in [6.07, 6.45) is 10.4. The molecule has 10 heteroatoms. The summed E-state index contributed by atoms with van der Waals surface area (Å²) in [6, 6.07) is 20.7. The van der Waals surface area contributed by atoms with Gasteiger partial charge in [0.15, 0.2) is 11.6 Å². The molecule has 0 bridgehead atoms. The molecule has 0 aliphatic carbocycles. The van der Waals surface area contributed by atoms with Gasteiger partial charge in [0.2, 0.25) is 0 Å². The van der Waals surface area contributed by atoms with Gasteiger partial charge in [0.05, 0.1) is 18.8 Å². The number of benzene rings is 3. The summed E-state index contributed by atoms with van der Waals surface area (Å²) in [5.41, 5.74) is 3.69. The number of hydrogen-bond acceptors (Lipinski definition) is 8. The number of ketones is 1. The third-order valence-corrected chi connectivity index (χ3v) is 7.75. The topological polar surface area (TPSA) is 133 Å². The van der Waals surface area contributed by atoms with Crippen molar-refractivity contribution in [1.82, 2.24) is 9.97 Å². The predicted molar refractivity (Wildman–Crippen MR) is 173 cm³/mol. The fraction of sp³-hybridized carbons (Fsp3) is 0.314. The fourth-order valence-electron chi connectivity index (χ4n) is 4.80. The number of aliphatic carboxylic acids is 1. The molecule has 1 heterocycles. The van der Waals surface area contributed by atoms with Crippen LogP contribution in [0.1, 0.15) is 61.4 Å². The van der Waals surface area contributed by atoms with Crippen molar-refractivity contribution in [2.45, 2.75) is 51.9 Å². The minimum atomic E-state index is -3.69. The monoisotopic (exact) mass is 630 g/mol. The van der Waals surface area contributed by atoms with Gasteiger partial charge in [0, 0.05) is 35.5 Å². The molecular weight excluding hydrogens is 592 g/mol. The van der Waals surface area contributed by atoms with E-state index in [-0.39, 0.29) is 29.9 Å². The first kappa shape index (κ1) is 33.3. The second-order valence-corrected chi connectivity index (χ2v) is 12.5. The molecule has 0 unspecified atom stereocenters. The first-order valence-electron chi connectivity index (χ1n) is 15.0. The van der Waals surface area contributed by atoms with E-state index in [0.717, 1.165) is 47.3 Å². The van der Waals surface area contributed by atoms with Crippen LogP contribution in [-0.2, 0) is 21.3 Å². The van der Waals surface area contributed by atoms with E-state index in [2.05, 4.69) is 16.9 Å². The van der Waals surface area contributed by atoms with Crippen molar-refractivity contribution < 1.29 is 32.0 Å². The molecule has 1 aromatic heterocycles. The van der Waals surface area contributed by atoms with Gasteiger partial charge < -0.3 is 14.0 Å². The zero-order chi connectivity index (χ0) is 32.2. The Morgan fingerprint density at radius 2 is 1.38 bits per heavy atom. The Morgan fingerprint density at radius 1 is 0.778 bits per heavy atom. The fourth-order valence-corrected chi connectivity index (χ4v) is 5.26. The number of carboxylic acids is 1. The normalized spacial score (nSPS) is 12.0. The van der Waals surface area contributed by atoms with Crippen LogP contribution in [0.5, 0.6) is 11.5 Å². The number of aromatic nitrogens is 2. The molecule has 0 aliphatic rings. The maximum absolute atomic E-state index is 12.8. The van der Waals surface area contributed by atoms with Gasteiger partial charge in [-0.3, -0.25) is 9.59 Å². The number of nitrogens with zero attached hydrogens (tertiary/aromatic N) is 2. The first-order valence-corrected chi connectivity index (χ1v) is 16.8. The summed E-state index contributed by atoms with van der Waals surface area (Å²) < 4.78 is 33.2. The molecule has 3 aromatic carbocycles. The van der Waals surface area contributed by atoms with Crippen LogP contribution in [0, 0.1) is 5.92 Å². The quantitative estimate of drug-likeness (QED) is 0.0743. The summed E-state index contributed by atoms with van der Waals surface area (Å²) in [6.45, 7) is 2.92. The van der Waals surface area contributed by atoms with Crippen LogP contribution >= 0.6 is 0 Å². The van der Waals surface area contributed by atoms with E-state index in [1.807, 2.05) is 48.5 Å². The third kappa shape index (κ3) is 10.5. The summed E-state index contributed by atoms with van der Waals surface area (Å²) >= 11 is 0. The van der Waals surface area contributed by atoms with Gasteiger partial charge >= 0.3 is 16.1 Å². The van der Waals surface area contributed by atoms with Crippen LogP contribution in [0.2, 0.25) is 0 Å². The Morgan fingerprint density at radius 3 is 1.98 bits per heavy atom. The number of hydrogen-bond donors (Lipinski definition) is 1. The van der Waals surface area contributed by atoms with Gasteiger partial charge in [0.1, 0.15) is 11.5 Å². The van der Waals surface area contributed by atoms with E-state index in [0.29, 0.717) is 5.82 Å². The van der Waals surface area contributed by atoms with Crippen LogP contribution in [0.15, 0.2) is 85.2 Å². The van der Waals surface area contributed by atoms with Gasteiger partial charge in [-0.1, -0.05) is 69.0 Å². The summed E-state index contributed by atoms with van der Waals surface area (Å²) in [5, 5.41) is 9.78. The zero-order valence-corrected chi connectivity index (χ0v) is 26.3. The highest BCUT2D eigenvalue weighted by Crippen LogP contribution is 2.25. The van der Waals surface area contributed by atoms with Gasteiger partial charge in [-0.15, -0.1) is 0 Å². The molecule has 0 saturated heterocycles. The Balaban J connectivity index is 1.32. The van der Waals surface area contributed by atoms with E-state index in [9.17, 15) is 23.1 Å². The minimum Gasteiger partial charge on any atom is -0.494 e. The smallest absolute Gasteiger partial charge is 0.307 e. The lowest BCUT2D eigenvalue weighted by atomic mass is 9.92. The van der Waals surface area contributed by atoms with Crippen molar-refractivity contribution >= 4 is 21.9 Å². The number of unbranched alkanes of at least 4 members (excludes halogenated alkanes) is 4. The Kier molecular flexibility index (Phi) is 11.8. The lowest BCUT2D eigenvalue weighted by Crippen LogP contribution is -2.20. The van der Waals surface area contributed by atoms with Crippen molar-refractivity contribution in [1.29, 1.82) is 0 Å². The summed E-state index contributed by atoms with van der Waals surface area (Å²) in [4.78, 5) is 33.8. The molecule has 0 saturated carbocycles. The van der Waals surface area contributed by atoms with Crippen LogP contribution < -0.4 is 8.92 Å². The lowest BCUT2D eigenvalue weighted by Gasteiger charge is -2.13. The largest absolute Gasteiger partial charge is 0.494 e. The number of Topliss-reactive ketones (excluding diaryl/α,β-unsaturated/α-hetero) is 1. The van der Waals surface area contributed by atoms with Crippen molar-refractivity contribution in [3.63, 3.8) is 0 Å². The van der Waals surface area contributed by atoms with E-state index in [4.69, 9.17) is 8.92 Å². The van der Waals surface area contributed by atoms with Crippen molar-refractivity contribution in [3.05, 3.63) is 96.3 Å². The minimum absolute atomic E-state index is 0.0744. The van der Waals surface area contributed by atoms with Crippen LogP contribution in [-0.4, -0.2) is 48.1 Å². The van der Waals surface area contributed by atoms with E-state index in [1.54, 1.807) is 12.4 Å². The van der Waals surface area contributed by atoms with E-state index >= 15 is 0 Å². The molecule has 0 aliphatic heterocycles. The van der Waals surface area contributed by atoms with Crippen molar-refractivity contribution in [2.24, 2.45) is 5.92 Å². The highest BCUT2D eigenvalue weighted by molar-refractivity contribution is 7.86. The summed E-state index contributed by atoms with van der Waals surface area (Å²) in [5.74, 6) is -0.916. The molecule has 0 radical (unpaired) electrons. The number of ether oxygens (including phenoxy) is 1. The second kappa shape index (κ2) is 15.9. The average Bonchev–Trinajstić information content (AvgIpc) is 3.02. The number of carbonyl (C=O) groups excluding carboxylic acids is 1.